The molecule has 3 amide bonds. The molecular formula is C24H26N4O3S. The summed E-state index contributed by atoms with van der Waals surface area (Å²) in [7, 11) is 0. The lowest BCUT2D eigenvalue weighted by atomic mass is 9.63. The molecule has 6 rings (SSSR count). The van der Waals surface area contributed by atoms with Gasteiger partial charge in [0, 0.05) is 12.3 Å². The Morgan fingerprint density at radius 1 is 1.06 bits per heavy atom. The van der Waals surface area contributed by atoms with Gasteiger partial charge in [0.15, 0.2) is 0 Å². The molecule has 5 unspecified atom stereocenters. The van der Waals surface area contributed by atoms with Crippen LogP contribution in [0.3, 0.4) is 0 Å². The van der Waals surface area contributed by atoms with Crippen LogP contribution < -0.4 is 5.32 Å². The van der Waals surface area contributed by atoms with Crippen LogP contribution in [-0.2, 0) is 20.8 Å². The number of allylic oxidation sites excluding steroid dienone is 2. The normalized spacial score (nSPS) is 27.2. The first kappa shape index (κ1) is 21.0. The lowest BCUT2D eigenvalue weighted by Crippen LogP contribution is -2.49. The summed E-state index contributed by atoms with van der Waals surface area (Å²) in [6.45, 7) is 4.02. The lowest BCUT2D eigenvalue weighted by Gasteiger charge is -2.38. The standard InChI is InChI=1S/C24H26N4O3S/c1-13(2)21-26-27-24(32-21)25-20(29)17(12-14-6-4-3-5-7-14)28-22(30)18-15-8-9-16(11-10-15)19(18)23(28)31/h3-9,13,15-19H,10-12H2,1-2H3,(H,25,27,29). The molecule has 0 radical (unpaired) electrons. The number of benzene rings is 1. The highest BCUT2D eigenvalue weighted by molar-refractivity contribution is 7.15. The largest absolute Gasteiger partial charge is 0.299 e. The average molecular weight is 451 g/mol. The summed E-state index contributed by atoms with van der Waals surface area (Å²) in [5.41, 5.74) is 0.893. The third kappa shape index (κ3) is 3.56. The van der Waals surface area contributed by atoms with Crippen LogP contribution in [0.1, 0.15) is 43.2 Å². The molecule has 1 aromatic carbocycles. The average Bonchev–Trinajstić information content (AvgIpc) is 3.38. The van der Waals surface area contributed by atoms with Crippen molar-refractivity contribution >= 4 is 34.2 Å². The van der Waals surface area contributed by atoms with Crippen molar-refractivity contribution in [2.75, 3.05) is 5.32 Å². The highest BCUT2D eigenvalue weighted by Gasteiger charge is 2.58. The summed E-state index contributed by atoms with van der Waals surface area (Å²) >= 11 is 1.32. The topological polar surface area (TPSA) is 92.3 Å². The Morgan fingerprint density at radius 3 is 2.22 bits per heavy atom. The van der Waals surface area contributed by atoms with Crippen molar-refractivity contribution in [2.45, 2.75) is 45.1 Å². The van der Waals surface area contributed by atoms with Gasteiger partial charge < -0.3 is 0 Å². The molecule has 1 aliphatic heterocycles. The van der Waals surface area contributed by atoms with Gasteiger partial charge in [-0.3, -0.25) is 24.6 Å². The summed E-state index contributed by atoms with van der Waals surface area (Å²) in [5, 5.41) is 12.2. The Balaban J connectivity index is 1.45. The van der Waals surface area contributed by atoms with Gasteiger partial charge in [0.05, 0.1) is 11.8 Å². The van der Waals surface area contributed by atoms with Crippen molar-refractivity contribution in [3.63, 3.8) is 0 Å². The maximum Gasteiger partial charge on any atom is 0.249 e. The van der Waals surface area contributed by atoms with E-state index < -0.39 is 11.9 Å². The number of aromatic nitrogens is 2. The zero-order valence-corrected chi connectivity index (χ0v) is 18.9. The maximum absolute atomic E-state index is 13.5. The molecular weight excluding hydrogens is 424 g/mol. The van der Waals surface area contributed by atoms with E-state index in [0.29, 0.717) is 5.13 Å². The number of hydrogen-bond acceptors (Lipinski definition) is 6. The molecule has 4 aliphatic rings. The first-order valence-electron chi connectivity index (χ1n) is 11.2. The van der Waals surface area contributed by atoms with E-state index in [-0.39, 0.29) is 47.8 Å². The van der Waals surface area contributed by atoms with Gasteiger partial charge in [0.25, 0.3) is 0 Å². The molecule has 1 aromatic heterocycles. The van der Waals surface area contributed by atoms with E-state index in [4.69, 9.17) is 0 Å². The van der Waals surface area contributed by atoms with Crippen LogP contribution >= 0.6 is 11.3 Å². The number of carbonyl (C=O) groups is 3. The Kier molecular flexibility index (Phi) is 5.41. The van der Waals surface area contributed by atoms with E-state index in [1.54, 1.807) is 0 Å². The monoisotopic (exact) mass is 450 g/mol. The molecule has 2 fully saturated rings. The molecule has 32 heavy (non-hydrogen) atoms. The molecule has 7 nitrogen and oxygen atoms in total. The quantitative estimate of drug-likeness (QED) is 0.538. The van der Waals surface area contributed by atoms with E-state index in [2.05, 4.69) is 27.7 Å². The Hall–Kier alpha value is -2.87. The zero-order valence-electron chi connectivity index (χ0n) is 18.1. The number of anilines is 1. The Bertz CT molecular complexity index is 1050. The highest BCUT2D eigenvalue weighted by atomic mass is 32.1. The van der Waals surface area contributed by atoms with E-state index in [1.165, 1.54) is 16.2 Å². The Labute approximate surface area is 190 Å². The fourth-order valence-electron chi connectivity index (χ4n) is 5.25. The van der Waals surface area contributed by atoms with E-state index >= 15 is 0 Å². The summed E-state index contributed by atoms with van der Waals surface area (Å²) in [5.74, 6) is -1.14. The van der Waals surface area contributed by atoms with Gasteiger partial charge in [-0.25, -0.2) is 0 Å². The molecule has 8 heteroatoms. The molecule has 2 aromatic rings. The van der Waals surface area contributed by atoms with Gasteiger partial charge >= 0.3 is 0 Å². The van der Waals surface area contributed by atoms with Crippen molar-refractivity contribution < 1.29 is 14.4 Å². The minimum absolute atomic E-state index is 0.0867. The summed E-state index contributed by atoms with van der Waals surface area (Å²) in [6.07, 6.45) is 6.29. The minimum atomic E-state index is -0.922. The van der Waals surface area contributed by atoms with E-state index in [0.717, 1.165) is 23.4 Å². The van der Waals surface area contributed by atoms with Gasteiger partial charge in [-0.15, -0.1) is 10.2 Å². The van der Waals surface area contributed by atoms with Crippen molar-refractivity contribution in [3.8, 4) is 0 Å². The molecule has 1 saturated heterocycles. The summed E-state index contributed by atoms with van der Waals surface area (Å²) < 4.78 is 0. The van der Waals surface area contributed by atoms with Gasteiger partial charge in [0.1, 0.15) is 11.0 Å². The predicted octanol–water partition coefficient (Wildman–Crippen LogP) is 3.41. The van der Waals surface area contributed by atoms with Crippen molar-refractivity contribution in [3.05, 3.63) is 53.1 Å². The number of hydrogen-bond donors (Lipinski definition) is 1. The minimum Gasteiger partial charge on any atom is -0.299 e. The third-order valence-electron chi connectivity index (χ3n) is 6.84. The number of rotatable bonds is 6. The fourth-order valence-corrected chi connectivity index (χ4v) is 6.00. The molecule has 3 aliphatic carbocycles. The zero-order chi connectivity index (χ0) is 22.4. The van der Waals surface area contributed by atoms with Gasteiger partial charge in [-0.05, 0) is 30.2 Å². The van der Waals surface area contributed by atoms with Crippen LogP contribution in [0.2, 0.25) is 0 Å². The van der Waals surface area contributed by atoms with Gasteiger partial charge in [-0.2, -0.15) is 0 Å². The van der Waals surface area contributed by atoms with Crippen LogP contribution in [-0.4, -0.2) is 38.9 Å². The van der Waals surface area contributed by atoms with E-state index in [1.807, 2.05) is 44.2 Å². The first-order chi connectivity index (χ1) is 15.4. The summed E-state index contributed by atoms with van der Waals surface area (Å²) in [4.78, 5) is 41.7. The second-order valence-electron chi connectivity index (χ2n) is 9.18. The smallest absolute Gasteiger partial charge is 0.249 e. The van der Waals surface area contributed by atoms with Crippen molar-refractivity contribution in [1.29, 1.82) is 0 Å². The number of likely N-dealkylation sites (tertiary alicyclic amines) is 1. The van der Waals surface area contributed by atoms with Crippen LogP contribution in [0, 0.1) is 23.7 Å². The van der Waals surface area contributed by atoms with E-state index in [9.17, 15) is 14.4 Å². The van der Waals surface area contributed by atoms with Crippen LogP contribution in [0.5, 0.6) is 0 Å². The van der Waals surface area contributed by atoms with Crippen LogP contribution in [0.15, 0.2) is 42.5 Å². The second-order valence-corrected chi connectivity index (χ2v) is 10.2. The van der Waals surface area contributed by atoms with Crippen LogP contribution in [0.4, 0.5) is 5.13 Å². The summed E-state index contributed by atoms with van der Waals surface area (Å²) in [6, 6.07) is 8.57. The number of amides is 3. The molecule has 1 N–H and O–H groups in total. The molecule has 2 heterocycles. The van der Waals surface area contributed by atoms with Gasteiger partial charge in [-0.1, -0.05) is 67.7 Å². The number of nitrogens with zero attached hydrogens (tertiary/aromatic N) is 3. The number of carbonyl (C=O) groups excluding carboxylic acids is 3. The SMILES string of the molecule is CC(C)c1nnc(NC(=O)C(Cc2ccccc2)N2C(=O)C3C4C=CC(CC4)C3C2=O)s1. The first-order valence-corrected chi connectivity index (χ1v) is 12.0. The fraction of sp³-hybridized carbons (Fsp3) is 0.458. The van der Waals surface area contributed by atoms with Crippen molar-refractivity contribution in [1.82, 2.24) is 15.1 Å². The number of imide groups is 1. The molecule has 0 spiro atoms. The van der Waals surface area contributed by atoms with Gasteiger partial charge in [0.2, 0.25) is 22.9 Å². The molecule has 166 valence electrons. The molecule has 2 bridgehead atoms. The van der Waals surface area contributed by atoms with Crippen LogP contribution in [0.25, 0.3) is 0 Å². The number of nitrogens with one attached hydrogen (secondary N) is 1. The number of fused-ring (bicyclic) bond motifs is 1. The molecule has 5 atom stereocenters. The third-order valence-corrected chi connectivity index (χ3v) is 7.98. The maximum atomic E-state index is 13.5. The van der Waals surface area contributed by atoms with Crippen molar-refractivity contribution in [2.24, 2.45) is 23.7 Å². The molecule has 1 saturated carbocycles. The lowest BCUT2D eigenvalue weighted by molar-refractivity contribution is -0.146. The second kappa shape index (κ2) is 8.24. The Morgan fingerprint density at radius 2 is 1.69 bits per heavy atom. The highest BCUT2D eigenvalue weighted by Crippen LogP contribution is 2.50. The predicted molar refractivity (Wildman–Crippen MR) is 121 cm³/mol.